The Bertz CT molecular complexity index is 724. The van der Waals surface area contributed by atoms with E-state index in [9.17, 15) is 28.1 Å². The number of piperidine rings is 1. The second-order valence-corrected chi connectivity index (χ2v) is 7.75. The molecule has 1 aromatic rings. The van der Waals surface area contributed by atoms with Gasteiger partial charge in [0.1, 0.15) is 11.3 Å². The standard InChI is InChI=1S/C18H24F3N3O4/c1-17(2,3)28-16(25)23-9-7-12(8-10-23)11-22-15-13(18(19,20)21)5-4-6-14(15)24(26)27/h4-6,12,22H,7-11H2,1-3H3. The molecule has 1 aromatic carbocycles. The summed E-state index contributed by atoms with van der Waals surface area (Å²) in [6, 6.07) is 2.88. The highest BCUT2D eigenvalue weighted by Gasteiger charge is 2.37. The summed E-state index contributed by atoms with van der Waals surface area (Å²) in [5.41, 5.74) is -2.79. The number of alkyl halides is 3. The van der Waals surface area contributed by atoms with E-state index >= 15 is 0 Å². The Hall–Kier alpha value is -2.52. The van der Waals surface area contributed by atoms with Crippen LogP contribution < -0.4 is 5.32 Å². The van der Waals surface area contributed by atoms with Crippen LogP contribution in [0.4, 0.5) is 29.3 Å². The van der Waals surface area contributed by atoms with E-state index in [1.807, 2.05) is 0 Å². The average molecular weight is 403 g/mol. The minimum atomic E-state index is -4.70. The van der Waals surface area contributed by atoms with E-state index in [2.05, 4.69) is 5.32 Å². The Morgan fingerprint density at radius 3 is 2.39 bits per heavy atom. The minimum absolute atomic E-state index is 0.0143. The van der Waals surface area contributed by atoms with Gasteiger partial charge in [0.15, 0.2) is 0 Å². The topological polar surface area (TPSA) is 84.7 Å². The van der Waals surface area contributed by atoms with Crippen LogP contribution in [0.3, 0.4) is 0 Å². The molecule has 7 nitrogen and oxygen atoms in total. The van der Waals surface area contributed by atoms with Crippen molar-refractivity contribution in [3.8, 4) is 0 Å². The molecule has 1 aliphatic heterocycles. The molecule has 1 fully saturated rings. The van der Waals surface area contributed by atoms with Crippen LogP contribution in [0.1, 0.15) is 39.2 Å². The van der Waals surface area contributed by atoms with Gasteiger partial charge < -0.3 is 15.0 Å². The number of amides is 1. The van der Waals surface area contributed by atoms with Crippen molar-refractivity contribution in [1.29, 1.82) is 0 Å². The first-order chi connectivity index (χ1) is 12.9. The van der Waals surface area contributed by atoms with Crippen LogP contribution in [0.15, 0.2) is 18.2 Å². The average Bonchev–Trinajstić information content (AvgIpc) is 2.57. The van der Waals surface area contributed by atoms with Gasteiger partial charge in [-0.3, -0.25) is 10.1 Å². The number of rotatable bonds is 4. The third-order valence-electron chi connectivity index (χ3n) is 4.38. The fraction of sp³-hybridized carbons (Fsp3) is 0.611. The first-order valence-electron chi connectivity index (χ1n) is 8.95. The van der Waals surface area contributed by atoms with E-state index in [0.717, 1.165) is 18.2 Å². The van der Waals surface area contributed by atoms with Gasteiger partial charge in [-0.25, -0.2) is 4.79 Å². The summed E-state index contributed by atoms with van der Waals surface area (Å²) in [7, 11) is 0. The highest BCUT2D eigenvalue weighted by atomic mass is 19.4. The van der Waals surface area contributed by atoms with Crippen molar-refractivity contribution in [2.45, 2.75) is 45.4 Å². The molecule has 0 aliphatic carbocycles. The fourth-order valence-corrected chi connectivity index (χ4v) is 3.01. The van der Waals surface area contributed by atoms with E-state index in [1.165, 1.54) is 0 Å². The number of likely N-dealkylation sites (tertiary alicyclic amines) is 1. The number of anilines is 1. The molecule has 1 aliphatic rings. The van der Waals surface area contributed by atoms with Gasteiger partial charge in [-0.15, -0.1) is 0 Å². The van der Waals surface area contributed by atoms with Crippen LogP contribution in [0.2, 0.25) is 0 Å². The highest BCUT2D eigenvalue weighted by molar-refractivity contribution is 5.68. The Morgan fingerprint density at radius 1 is 1.29 bits per heavy atom. The van der Waals surface area contributed by atoms with Crippen molar-refractivity contribution in [3.63, 3.8) is 0 Å². The number of para-hydroxylation sites is 1. The molecule has 2 rings (SSSR count). The number of nitro groups is 1. The molecule has 1 saturated heterocycles. The lowest BCUT2D eigenvalue weighted by atomic mass is 9.96. The number of nitrogens with zero attached hydrogens (tertiary/aromatic N) is 2. The van der Waals surface area contributed by atoms with Crippen molar-refractivity contribution < 1.29 is 27.6 Å². The smallest absolute Gasteiger partial charge is 0.418 e. The predicted octanol–water partition coefficient (Wildman–Crippen LogP) is 4.67. The number of hydrogen-bond acceptors (Lipinski definition) is 5. The maximum absolute atomic E-state index is 13.2. The number of nitrogens with one attached hydrogen (secondary N) is 1. The number of carbonyl (C=O) groups excluding carboxylic acids is 1. The van der Waals surface area contributed by atoms with Crippen molar-refractivity contribution in [2.24, 2.45) is 5.92 Å². The summed E-state index contributed by atoms with van der Waals surface area (Å²) in [6.07, 6.45) is -3.99. The second-order valence-electron chi connectivity index (χ2n) is 7.75. The normalized spacial score (nSPS) is 16.0. The summed E-state index contributed by atoms with van der Waals surface area (Å²) < 4.78 is 44.9. The highest BCUT2D eigenvalue weighted by Crippen LogP contribution is 2.39. The van der Waals surface area contributed by atoms with E-state index in [1.54, 1.807) is 25.7 Å². The lowest BCUT2D eigenvalue weighted by molar-refractivity contribution is -0.384. The Balaban J connectivity index is 2.01. The van der Waals surface area contributed by atoms with Gasteiger partial charge in [0.2, 0.25) is 0 Å². The Labute approximate surface area is 161 Å². The quantitative estimate of drug-likeness (QED) is 0.583. The number of halogens is 3. The van der Waals surface area contributed by atoms with Gasteiger partial charge >= 0.3 is 12.3 Å². The molecule has 0 atom stereocenters. The maximum atomic E-state index is 13.2. The van der Waals surface area contributed by atoms with Crippen LogP contribution in [0, 0.1) is 16.0 Å². The molecular weight excluding hydrogens is 379 g/mol. The molecule has 0 unspecified atom stereocenters. The molecular formula is C18H24F3N3O4. The third-order valence-corrected chi connectivity index (χ3v) is 4.38. The maximum Gasteiger partial charge on any atom is 0.418 e. The molecule has 1 amide bonds. The minimum Gasteiger partial charge on any atom is -0.444 e. The van der Waals surface area contributed by atoms with E-state index in [4.69, 9.17) is 4.74 Å². The number of nitro benzene ring substituents is 1. The largest absolute Gasteiger partial charge is 0.444 e. The zero-order chi connectivity index (χ0) is 21.1. The summed E-state index contributed by atoms with van der Waals surface area (Å²) in [4.78, 5) is 23.9. The third kappa shape index (κ3) is 5.74. The van der Waals surface area contributed by atoms with Crippen LogP contribution in [-0.2, 0) is 10.9 Å². The summed E-state index contributed by atoms with van der Waals surface area (Å²) in [6.45, 7) is 6.30. The zero-order valence-electron chi connectivity index (χ0n) is 16.0. The van der Waals surface area contributed by atoms with Crippen LogP contribution in [0.25, 0.3) is 0 Å². The van der Waals surface area contributed by atoms with E-state index in [0.29, 0.717) is 25.9 Å². The number of carbonyl (C=O) groups is 1. The van der Waals surface area contributed by atoms with Crippen molar-refractivity contribution in [1.82, 2.24) is 4.90 Å². The van der Waals surface area contributed by atoms with Gasteiger partial charge in [0.25, 0.3) is 5.69 Å². The lowest BCUT2D eigenvalue weighted by Crippen LogP contribution is -2.42. The molecule has 0 saturated carbocycles. The molecule has 0 bridgehead atoms. The fourth-order valence-electron chi connectivity index (χ4n) is 3.01. The van der Waals surface area contributed by atoms with Gasteiger partial charge in [-0.1, -0.05) is 6.07 Å². The van der Waals surface area contributed by atoms with Gasteiger partial charge in [-0.05, 0) is 45.6 Å². The summed E-state index contributed by atoms with van der Waals surface area (Å²) in [5.74, 6) is -0.0143. The number of ether oxygens (including phenoxy) is 1. The van der Waals surface area contributed by atoms with Crippen LogP contribution >= 0.6 is 0 Å². The van der Waals surface area contributed by atoms with Crippen molar-refractivity contribution >= 4 is 17.5 Å². The molecule has 0 aromatic heterocycles. The molecule has 156 valence electrons. The van der Waals surface area contributed by atoms with Crippen LogP contribution in [0.5, 0.6) is 0 Å². The summed E-state index contributed by atoms with van der Waals surface area (Å²) in [5, 5.41) is 13.7. The first kappa shape index (κ1) is 21.8. The van der Waals surface area contributed by atoms with Crippen molar-refractivity contribution in [2.75, 3.05) is 25.0 Å². The molecule has 1 heterocycles. The van der Waals surface area contributed by atoms with E-state index < -0.39 is 39.7 Å². The lowest BCUT2D eigenvalue weighted by Gasteiger charge is -2.33. The molecule has 1 N–H and O–H groups in total. The first-order valence-corrected chi connectivity index (χ1v) is 8.95. The van der Waals surface area contributed by atoms with E-state index in [-0.39, 0.29) is 12.5 Å². The zero-order valence-corrected chi connectivity index (χ0v) is 16.0. The number of benzene rings is 1. The van der Waals surface area contributed by atoms with Gasteiger partial charge in [0, 0.05) is 25.7 Å². The van der Waals surface area contributed by atoms with Crippen LogP contribution in [-0.4, -0.2) is 41.2 Å². The Morgan fingerprint density at radius 2 is 1.89 bits per heavy atom. The number of hydrogen-bond donors (Lipinski definition) is 1. The second kappa shape index (κ2) is 8.24. The summed E-state index contributed by atoms with van der Waals surface area (Å²) >= 11 is 0. The van der Waals surface area contributed by atoms with Crippen molar-refractivity contribution in [3.05, 3.63) is 33.9 Å². The molecule has 0 spiro atoms. The molecule has 10 heteroatoms. The van der Waals surface area contributed by atoms with Gasteiger partial charge in [0.05, 0.1) is 10.5 Å². The SMILES string of the molecule is CC(C)(C)OC(=O)N1CCC(CNc2c([N+](=O)[O-])cccc2C(F)(F)F)CC1. The predicted molar refractivity (Wildman–Crippen MR) is 97.1 cm³/mol. The monoisotopic (exact) mass is 403 g/mol. The van der Waals surface area contributed by atoms with Gasteiger partial charge in [-0.2, -0.15) is 13.2 Å². The molecule has 28 heavy (non-hydrogen) atoms. The Kier molecular flexibility index (Phi) is 6.41. The molecule has 0 radical (unpaired) electrons.